The van der Waals surface area contributed by atoms with E-state index < -0.39 is 0 Å². The lowest BCUT2D eigenvalue weighted by Crippen LogP contribution is -2.07. The molecule has 0 aliphatic rings. The maximum atomic E-state index is 5.12. The number of H-pyrrole nitrogens is 1. The molecular formula is C15H18N4O. The van der Waals surface area contributed by atoms with Gasteiger partial charge in [0.25, 0.3) is 0 Å². The standard InChI is InChI=1S/C15H18N4O/c1-11(5-8-20-2)19-10-12(9-18-19)13-3-6-16-15-14(13)4-7-17-15/h3-4,6-7,9-11H,5,8H2,1-2H3,(H,16,17). The van der Waals surface area contributed by atoms with E-state index in [1.807, 2.05) is 35.4 Å². The molecule has 0 spiro atoms. The van der Waals surface area contributed by atoms with Crippen molar-refractivity contribution in [2.45, 2.75) is 19.4 Å². The van der Waals surface area contributed by atoms with Crippen LogP contribution in [0.4, 0.5) is 0 Å². The Balaban J connectivity index is 1.92. The van der Waals surface area contributed by atoms with Crippen LogP contribution in [0.25, 0.3) is 22.2 Å². The molecule has 3 aromatic heterocycles. The summed E-state index contributed by atoms with van der Waals surface area (Å²) in [6.45, 7) is 2.89. The summed E-state index contributed by atoms with van der Waals surface area (Å²) in [5.74, 6) is 0. The van der Waals surface area contributed by atoms with Crippen molar-refractivity contribution in [3.63, 3.8) is 0 Å². The third kappa shape index (κ3) is 2.32. The Labute approximate surface area is 117 Å². The van der Waals surface area contributed by atoms with Gasteiger partial charge < -0.3 is 9.72 Å². The molecule has 20 heavy (non-hydrogen) atoms. The number of fused-ring (bicyclic) bond motifs is 1. The van der Waals surface area contributed by atoms with E-state index >= 15 is 0 Å². The van der Waals surface area contributed by atoms with Crippen molar-refractivity contribution in [1.29, 1.82) is 0 Å². The summed E-state index contributed by atoms with van der Waals surface area (Å²) in [5.41, 5.74) is 3.17. The summed E-state index contributed by atoms with van der Waals surface area (Å²) < 4.78 is 7.11. The Hall–Kier alpha value is -2.14. The van der Waals surface area contributed by atoms with Crippen LogP contribution in [-0.2, 0) is 4.74 Å². The monoisotopic (exact) mass is 270 g/mol. The number of hydrogen-bond acceptors (Lipinski definition) is 3. The van der Waals surface area contributed by atoms with Crippen molar-refractivity contribution in [2.75, 3.05) is 13.7 Å². The number of methoxy groups -OCH3 is 1. The minimum atomic E-state index is 0.326. The van der Waals surface area contributed by atoms with Gasteiger partial charge in [0.05, 0.1) is 12.2 Å². The highest BCUT2D eigenvalue weighted by atomic mass is 16.5. The third-order valence-electron chi connectivity index (χ3n) is 3.56. The topological polar surface area (TPSA) is 55.7 Å². The van der Waals surface area contributed by atoms with E-state index in [1.165, 1.54) is 0 Å². The molecular weight excluding hydrogens is 252 g/mol. The number of aromatic amines is 1. The molecule has 1 unspecified atom stereocenters. The molecule has 3 heterocycles. The lowest BCUT2D eigenvalue weighted by atomic mass is 10.1. The molecule has 0 radical (unpaired) electrons. The molecule has 0 aliphatic carbocycles. The van der Waals surface area contributed by atoms with E-state index in [4.69, 9.17) is 4.74 Å². The highest BCUT2D eigenvalue weighted by Crippen LogP contribution is 2.27. The Morgan fingerprint density at radius 3 is 3.15 bits per heavy atom. The quantitative estimate of drug-likeness (QED) is 0.775. The molecule has 0 bridgehead atoms. The van der Waals surface area contributed by atoms with E-state index in [2.05, 4.69) is 28.2 Å². The van der Waals surface area contributed by atoms with Gasteiger partial charge >= 0.3 is 0 Å². The van der Waals surface area contributed by atoms with E-state index in [0.29, 0.717) is 6.04 Å². The molecule has 0 amide bonds. The van der Waals surface area contributed by atoms with Gasteiger partial charge in [-0.25, -0.2) is 4.98 Å². The molecule has 0 aromatic carbocycles. The molecule has 0 fully saturated rings. The first kappa shape index (κ1) is 12.9. The van der Waals surface area contributed by atoms with Crippen LogP contribution in [0.15, 0.2) is 36.9 Å². The second-order valence-electron chi connectivity index (χ2n) is 4.94. The average Bonchev–Trinajstić information content (AvgIpc) is 3.12. The fraction of sp³-hybridized carbons (Fsp3) is 0.333. The second-order valence-corrected chi connectivity index (χ2v) is 4.94. The fourth-order valence-electron chi connectivity index (χ4n) is 2.35. The van der Waals surface area contributed by atoms with Crippen LogP contribution in [-0.4, -0.2) is 33.5 Å². The maximum Gasteiger partial charge on any atom is 0.137 e. The Morgan fingerprint density at radius 2 is 2.30 bits per heavy atom. The van der Waals surface area contributed by atoms with Gasteiger partial charge in [0.2, 0.25) is 0 Å². The molecule has 1 N–H and O–H groups in total. The van der Waals surface area contributed by atoms with Crippen LogP contribution in [0, 0.1) is 0 Å². The third-order valence-corrected chi connectivity index (χ3v) is 3.56. The normalized spacial score (nSPS) is 12.9. The summed E-state index contributed by atoms with van der Waals surface area (Å²) in [7, 11) is 1.72. The smallest absolute Gasteiger partial charge is 0.137 e. The summed E-state index contributed by atoms with van der Waals surface area (Å²) in [6.07, 6.45) is 8.67. The van der Waals surface area contributed by atoms with Gasteiger partial charge in [-0.05, 0) is 31.0 Å². The predicted octanol–water partition coefficient (Wildman–Crippen LogP) is 3.02. The van der Waals surface area contributed by atoms with Crippen molar-refractivity contribution in [1.82, 2.24) is 19.7 Å². The second kappa shape index (κ2) is 5.46. The zero-order chi connectivity index (χ0) is 13.9. The lowest BCUT2D eigenvalue weighted by Gasteiger charge is -2.10. The van der Waals surface area contributed by atoms with Crippen molar-refractivity contribution in [3.05, 3.63) is 36.9 Å². The summed E-state index contributed by atoms with van der Waals surface area (Å²) >= 11 is 0. The lowest BCUT2D eigenvalue weighted by molar-refractivity contribution is 0.178. The van der Waals surface area contributed by atoms with Crippen molar-refractivity contribution < 1.29 is 4.74 Å². The fourth-order valence-corrected chi connectivity index (χ4v) is 2.35. The Bertz CT molecular complexity index is 701. The maximum absolute atomic E-state index is 5.12. The van der Waals surface area contributed by atoms with E-state index in [0.717, 1.165) is 35.2 Å². The van der Waals surface area contributed by atoms with Crippen molar-refractivity contribution in [3.8, 4) is 11.1 Å². The van der Waals surface area contributed by atoms with Gasteiger partial charge in [0, 0.05) is 43.3 Å². The largest absolute Gasteiger partial charge is 0.385 e. The van der Waals surface area contributed by atoms with Crippen LogP contribution >= 0.6 is 0 Å². The first-order valence-corrected chi connectivity index (χ1v) is 6.75. The summed E-state index contributed by atoms with van der Waals surface area (Å²) in [6, 6.07) is 4.40. The summed E-state index contributed by atoms with van der Waals surface area (Å²) in [5, 5.41) is 5.59. The van der Waals surface area contributed by atoms with Crippen LogP contribution in [0.1, 0.15) is 19.4 Å². The predicted molar refractivity (Wildman–Crippen MR) is 78.5 cm³/mol. The first-order valence-electron chi connectivity index (χ1n) is 6.75. The minimum absolute atomic E-state index is 0.326. The van der Waals surface area contributed by atoms with Crippen LogP contribution in [0.3, 0.4) is 0 Å². The first-order chi connectivity index (χ1) is 9.79. The van der Waals surface area contributed by atoms with E-state index in [9.17, 15) is 0 Å². The zero-order valence-corrected chi connectivity index (χ0v) is 11.7. The molecule has 3 rings (SSSR count). The Morgan fingerprint density at radius 1 is 1.40 bits per heavy atom. The molecule has 0 saturated heterocycles. The van der Waals surface area contributed by atoms with Crippen LogP contribution in [0.2, 0.25) is 0 Å². The highest BCUT2D eigenvalue weighted by Gasteiger charge is 2.10. The van der Waals surface area contributed by atoms with Gasteiger partial charge in [-0.3, -0.25) is 4.68 Å². The van der Waals surface area contributed by atoms with Gasteiger partial charge in [0.15, 0.2) is 0 Å². The molecule has 1 atom stereocenters. The molecule has 5 heteroatoms. The van der Waals surface area contributed by atoms with E-state index in [1.54, 1.807) is 7.11 Å². The van der Waals surface area contributed by atoms with Crippen molar-refractivity contribution >= 4 is 11.0 Å². The molecule has 0 aliphatic heterocycles. The van der Waals surface area contributed by atoms with Crippen LogP contribution in [0.5, 0.6) is 0 Å². The average molecular weight is 270 g/mol. The number of nitrogens with zero attached hydrogens (tertiary/aromatic N) is 3. The molecule has 5 nitrogen and oxygen atoms in total. The summed E-state index contributed by atoms with van der Waals surface area (Å²) in [4.78, 5) is 7.44. The van der Waals surface area contributed by atoms with Gasteiger partial charge in [0.1, 0.15) is 5.65 Å². The number of ether oxygens (including phenoxy) is 1. The molecule has 3 aromatic rings. The molecule has 104 valence electrons. The number of pyridine rings is 1. The number of nitrogens with one attached hydrogen (secondary N) is 1. The zero-order valence-electron chi connectivity index (χ0n) is 11.7. The SMILES string of the molecule is COCCC(C)n1cc(-c2ccnc3[nH]ccc23)cn1. The molecule has 0 saturated carbocycles. The number of rotatable bonds is 5. The van der Waals surface area contributed by atoms with Crippen LogP contribution < -0.4 is 0 Å². The van der Waals surface area contributed by atoms with Gasteiger partial charge in [-0.2, -0.15) is 5.10 Å². The minimum Gasteiger partial charge on any atom is -0.385 e. The van der Waals surface area contributed by atoms with Crippen molar-refractivity contribution in [2.24, 2.45) is 0 Å². The Kier molecular flexibility index (Phi) is 3.52. The van der Waals surface area contributed by atoms with Gasteiger partial charge in [-0.15, -0.1) is 0 Å². The van der Waals surface area contributed by atoms with Gasteiger partial charge in [-0.1, -0.05) is 0 Å². The highest BCUT2D eigenvalue weighted by molar-refractivity contribution is 5.92. The van der Waals surface area contributed by atoms with E-state index in [-0.39, 0.29) is 0 Å². The number of hydrogen-bond donors (Lipinski definition) is 1. The number of aromatic nitrogens is 4.